The lowest BCUT2D eigenvalue weighted by Crippen LogP contribution is -2.42. The van der Waals surface area contributed by atoms with Gasteiger partial charge in [0.2, 0.25) is 0 Å². The van der Waals surface area contributed by atoms with Gasteiger partial charge in [0.25, 0.3) is 0 Å². The predicted molar refractivity (Wildman–Crippen MR) is 114 cm³/mol. The van der Waals surface area contributed by atoms with Crippen LogP contribution in [0, 0.1) is 0 Å². The number of fused-ring (bicyclic) bond motifs is 1. The van der Waals surface area contributed by atoms with Gasteiger partial charge in [-0.1, -0.05) is 30.3 Å². The zero-order valence-electron chi connectivity index (χ0n) is 16.5. The molecule has 4 rings (SSSR count). The van der Waals surface area contributed by atoms with Crippen molar-refractivity contribution in [1.82, 2.24) is 19.9 Å². The van der Waals surface area contributed by atoms with Gasteiger partial charge in [-0.3, -0.25) is 0 Å². The van der Waals surface area contributed by atoms with Crippen molar-refractivity contribution in [3.05, 3.63) is 58.3 Å². The minimum absolute atomic E-state index is 0.145. The van der Waals surface area contributed by atoms with Crippen LogP contribution in [0.4, 0.5) is 19.0 Å². The number of hydrogen-bond donors (Lipinski definition) is 2. The van der Waals surface area contributed by atoms with Crippen molar-refractivity contribution in [3.63, 3.8) is 0 Å². The first-order valence-electron chi connectivity index (χ1n) is 9.91. The normalized spacial score (nSPS) is 22.4. The number of nitrogens with one attached hydrogen (secondary N) is 2. The molecule has 160 valence electrons. The van der Waals surface area contributed by atoms with Gasteiger partial charge in [-0.05, 0) is 54.2 Å². The average molecular weight is 482 g/mol. The van der Waals surface area contributed by atoms with Crippen molar-refractivity contribution in [1.29, 1.82) is 0 Å². The highest BCUT2D eigenvalue weighted by Crippen LogP contribution is 2.40. The molecule has 2 N–H and O–H groups in total. The second-order valence-corrected chi connectivity index (χ2v) is 8.64. The number of benzene rings is 1. The number of halogens is 4. The van der Waals surface area contributed by atoms with Gasteiger partial charge < -0.3 is 10.6 Å². The number of alkyl halides is 3. The lowest BCUT2D eigenvalue weighted by Gasteiger charge is -2.41. The summed E-state index contributed by atoms with van der Waals surface area (Å²) < 4.78 is 42.0. The SMILES string of the molecule is CNC1CCC(CNc2cc(C(F)(F)F)nc3cc(Br)nn23)(c2ccccc2)CC1. The Balaban J connectivity index is 1.68. The van der Waals surface area contributed by atoms with Crippen LogP contribution >= 0.6 is 15.9 Å². The van der Waals surface area contributed by atoms with Crippen LogP contribution in [0.25, 0.3) is 5.65 Å². The first-order valence-corrected chi connectivity index (χ1v) is 10.7. The van der Waals surface area contributed by atoms with Crippen LogP contribution in [0.5, 0.6) is 0 Å². The van der Waals surface area contributed by atoms with Gasteiger partial charge >= 0.3 is 6.18 Å². The number of rotatable bonds is 5. The van der Waals surface area contributed by atoms with Crippen LogP contribution in [0.15, 0.2) is 47.1 Å². The Morgan fingerprint density at radius 1 is 1.17 bits per heavy atom. The fourth-order valence-electron chi connectivity index (χ4n) is 4.30. The third kappa shape index (κ3) is 4.18. The van der Waals surface area contributed by atoms with Crippen LogP contribution < -0.4 is 10.6 Å². The third-order valence-electron chi connectivity index (χ3n) is 6.03. The van der Waals surface area contributed by atoms with E-state index in [9.17, 15) is 13.2 Å². The van der Waals surface area contributed by atoms with Gasteiger partial charge in [-0.15, -0.1) is 0 Å². The van der Waals surface area contributed by atoms with E-state index in [0.717, 1.165) is 31.7 Å². The lowest BCUT2D eigenvalue weighted by molar-refractivity contribution is -0.141. The Labute approximate surface area is 181 Å². The van der Waals surface area contributed by atoms with Crippen molar-refractivity contribution in [2.75, 3.05) is 18.9 Å². The molecule has 0 amide bonds. The maximum atomic E-state index is 13.4. The van der Waals surface area contributed by atoms with E-state index in [0.29, 0.717) is 17.2 Å². The molecule has 0 saturated heterocycles. The smallest absolute Gasteiger partial charge is 0.369 e. The van der Waals surface area contributed by atoms with Gasteiger partial charge in [-0.2, -0.15) is 22.8 Å². The summed E-state index contributed by atoms with van der Waals surface area (Å²) in [5.41, 5.74) is 0.256. The zero-order chi connectivity index (χ0) is 21.4. The maximum absolute atomic E-state index is 13.4. The minimum atomic E-state index is -4.53. The fourth-order valence-corrected chi connectivity index (χ4v) is 4.66. The number of aromatic nitrogens is 3. The van der Waals surface area contributed by atoms with Crippen LogP contribution in [-0.4, -0.2) is 34.2 Å². The lowest BCUT2D eigenvalue weighted by atomic mass is 9.68. The number of anilines is 1. The standard InChI is InChI=1S/C21H23BrF3N5/c1-26-15-7-9-20(10-8-15,14-5-3-2-4-6-14)13-27-18-11-16(21(23,24)25)28-19-12-17(22)29-30(18)19/h2-6,11-12,15,26-27H,7-10,13H2,1H3. The number of nitrogens with zero attached hydrogens (tertiary/aromatic N) is 3. The van der Waals surface area contributed by atoms with E-state index in [2.05, 4.69) is 48.8 Å². The van der Waals surface area contributed by atoms with E-state index in [-0.39, 0.29) is 16.9 Å². The van der Waals surface area contributed by atoms with Crippen molar-refractivity contribution >= 4 is 27.4 Å². The molecular weight excluding hydrogens is 459 g/mol. The molecule has 1 fully saturated rings. The Bertz CT molecular complexity index is 1010. The molecule has 5 nitrogen and oxygen atoms in total. The largest absolute Gasteiger partial charge is 0.433 e. The Morgan fingerprint density at radius 2 is 1.87 bits per heavy atom. The summed E-state index contributed by atoms with van der Waals surface area (Å²) in [4.78, 5) is 3.72. The Kier molecular flexibility index (Phi) is 5.76. The molecule has 1 aromatic carbocycles. The van der Waals surface area contributed by atoms with Gasteiger partial charge in [0.05, 0.1) is 0 Å². The molecule has 1 aliphatic carbocycles. The van der Waals surface area contributed by atoms with E-state index in [1.165, 1.54) is 16.1 Å². The van der Waals surface area contributed by atoms with Crippen LogP contribution in [0.1, 0.15) is 36.9 Å². The molecule has 0 radical (unpaired) electrons. The van der Waals surface area contributed by atoms with Crippen LogP contribution in [-0.2, 0) is 11.6 Å². The van der Waals surface area contributed by atoms with E-state index in [4.69, 9.17) is 0 Å². The molecule has 0 bridgehead atoms. The van der Waals surface area contributed by atoms with Gasteiger partial charge in [0.1, 0.15) is 10.4 Å². The average Bonchev–Trinajstić information content (AvgIpc) is 3.12. The summed E-state index contributed by atoms with van der Waals surface area (Å²) in [5, 5.41) is 10.9. The fraction of sp³-hybridized carbons (Fsp3) is 0.429. The summed E-state index contributed by atoms with van der Waals surface area (Å²) in [5.74, 6) is 0.282. The monoisotopic (exact) mass is 481 g/mol. The van der Waals surface area contributed by atoms with E-state index in [1.54, 1.807) is 0 Å². The molecular formula is C21H23BrF3N5. The van der Waals surface area contributed by atoms with Crippen molar-refractivity contribution in [2.24, 2.45) is 0 Å². The molecule has 0 unspecified atom stereocenters. The highest BCUT2D eigenvalue weighted by Gasteiger charge is 2.37. The molecule has 1 saturated carbocycles. The molecule has 9 heteroatoms. The third-order valence-corrected chi connectivity index (χ3v) is 6.42. The van der Waals surface area contributed by atoms with E-state index < -0.39 is 11.9 Å². The first-order chi connectivity index (χ1) is 14.3. The van der Waals surface area contributed by atoms with Crippen molar-refractivity contribution in [2.45, 2.75) is 43.3 Å². The van der Waals surface area contributed by atoms with Crippen molar-refractivity contribution in [3.8, 4) is 0 Å². The summed E-state index contributed by atoms with van der Waals surface area (Å²) in [6.07, 6.45) is -0.617. The van der Waals surface area contributed by atoms with Crippen molar-refractivity contribution < 1.29 is 13.2 Å². The number of hydrogen-bond acceptors (Lipinski definition) is 4. The van der Waals surface area contributed by atoms with Gasteiger partial charge in [0, 0.05) is 30.1 Å². The van der Waals surface area contributed by atoms with Crippen LogP contribution in [0.3, 0.4) is 0 Å². The highest BCUT2D eigenvalue weighted by atomic mass is 79.9. The summed E-state index contributed by atoms with van der Waals surface area (Å²) in [6, 6.07) is 13.2. The molecule has 2 heterocycles. The molecule has 3 aromatic rings. The predicted octanol–water partition coefficient (Wildman–Crippen LogP) is 5.02. The molecule has 0 aliphatic heterocycles. The maximum Gasteiger partial charge on any atom is 0.433 e. The second kappa shape index (κ2) is 8.19. The van der Waals surface area contributed by atoms with Gasteiger partial charge in [0.15, 0.2) is 11.3 Å². The molecule has 0 atom stereocenters. The van der Waals surface area contributed by atoms with Crippen LogP contribution in [0.2, 0.25) is 0 Å². The second-order valence-electron chi connectivity index (χ2n) is 7.82. The Morgan fingerprint density at radius 3 is 2.50 bits per heavy atom. The van der Waals surface area contributed by atoms with E-state index in [1.807, 2.05) is 25.2 Å². The van der Waals surface area contributed by atoms with Gasteiger partial charge in [-0.25, -0.2) is 4.98 Å². The molecule has 2 aromatic heterocycles. The summed E-state index contributed by atoms with van der Waals surface area (Å²) in [7, 11) is 1.97. The molecule has 30 heavy (non-hydrogen) atoms. The van der Waals surface area contributed by atoms with E-state index >= 15 is 0 Å². The topological polar surface area (TPSA) is 54.2 Å². The molecule has 0 spiro atoms. The zero-order valence-corrected chi connectivity index (χ0v) is 18.1. The molecule has 1 aliphatic rings. The summed E-state index contributed by atoms with van der Waals surface area (Å²) >= 11 is 3.24. The Hall–Kier alpha value is -2.13. The first kappa shape index (κ1) is 21.1. The quantitative estimate of drug-likeness (QED) is 0.536. The summed E-state index contributed by atoms with van der Waals surface area (Å²) in [6.45, 7) is 0.515. The highest BCUT2D eigenvalue weighted by molar-refractivity contribution is 9.10. The minimum Gasteiger partial charge on any atom is -0.369 e.